The summed E-state index contributed by atoms with van der Waals surface area (Å²) in [7, 11) is 1.45. The molecule has 1 aromatic heterocycles. The average Bonchev–Trinajstić information content (AvgIpc) is 2.56. The number of alkyl halides is 3. The maximum Gasteiger partial charge on any atom is 0.416 e. The molecule has 0 aliphatic carbocycles. The smallest absolute Gasteiger partial charge is 0.416 e. The zero-order chi connectivity index (χ0) is 18.4. The number of ether oxygens (including phenoxy) is 2. The molecular weight excluding hydrogens is 343 g/mol. The standard InChI is InChI=1S/C15H14F3N3O4/c1-24-6-7-25-12-4-2-9(15(16,17)18)8-11(12)19-14(23)10-3-5-13(22)21-20-10/h2-5,8H,6-7H2,1H3,(H,19,23)(H,21,22). The second-order valence-corrected chi connectivity index (χ2v) is 4.81. The molecule has 0 bridgehead atoms. The van der Waals surface area contributed by atoms with E-state index >= 15 is 0 Å². The number of halogens is 3. The molecule has 0 saturated heterocycles. The van der Waals surface area contributed by atoms with E-state index in [1.807, 2.05) is 0 Å². The Labute approximate surface area is 139 Å². The Balaban J connectivity index is 2.29. The predicted octanol–water partition coefficient (Wildman–Crippen LogP) is 2.07. The molecule has 7 nitrogen and oxygen atoms in total. The molecule has 0 fully saturated rings. The van der Waals surface area contributed by atoms with Gasteiger partial charge in [-0.25, -0.2) is 5.10 Å². The van der Waals surface area contributed by atoms with Crippen LogP contribution < -0.4 is 15.6 Å². The third-order valence-electron chi connectivity index (χ3n) is 3.01. The molecule has 2 N–H and O–H groups in total. The largest absolute Gasteiger partial charge is 0.489 e. The zero-order valence-electron chi connectivity index (χ0n) is 13.0. The van der Waals surface area contributed by atoms with Gasteiger partial charge >= 0.3 is 6.18 Å². The van der Waals surface area contributed by atoms with E-state index in [1.54, 1.807) is 0 Å². The molecule has 0 atom stereocenters. The van der Waals surface area contributed by atoms with Crippen LogP contribution in [0, 0.1) is 0 Å². The summed E-state index contributed by atoms with van der Waals surface area (Å²) in [6, 6.07) is 4.92. The van der Waals surface area contributed by atoms with E-state index in [0.29, 0.717) is 0 Å². The molecular formula is C15H14F3N3O4. The molecule has 2 rings (SSSR count). The number of nitrogens with one attached hydrogen (secondary N) is 2. The van der Waals surface area contributed by atoms with E-state index in [4.69, 9.17) is 9.47 Å². The van der Waals surface area contributed by atoms with Crippen LogP contribution in [0.4, 0.5) is 18.9 Å². The van der Waals surface area contributed by atoms with Crippen LogP contribution in [0.3, 0.4) is 0 Å². The fourth-order valence-corrected chi connectivity index (χ4v) is 1.82. The first-order valence-corrected chi connectivity index (χ1v) is 7.01. The number of hydrogen-bond acceptors (Lipinski definition) is 5. The van der Waals surface area contributed by atoms with E-state index in [-0.39, 0.29) is 30.3 Å². The van der Waals surface area contributed by atoms with Gasteiger partial charge in [-0.05, 0) is 24.3 Å². The van der Waals surface area contributed by atoms with Crippen molar-refractivity contribution in [2.75, 3.05) is 25.6 Å². The fourth-order valence-electron chi connectivity index (χ4n) is 1.82. The van der Waals surface area contributed by atoms with Gasteiger partial charge in [-0.15, -0.1) is 0 Å². The maximum absolute atomic E-state index is 12.9. The summed E-state index contributed by atoms with van der Waals surface area (Å²) in [5, 5.41) is 7.88. The van der Waals surface area contributed by atoms with Crippen molar-refractivity contribution in [2.45, 2.75) is 6.18 Å². The Morgan fingerprint density at radius 2 is 2.00 bits per heavy atom. The van der Waals surface area contributed by atoms with Crippen LogP contribution in [-0.2, 0) is 10.9 Å². The predicted molar refractivity (Wildman–Crippen MR) is 81.6 cm³/mol. The number of aromatic amines is 1. The van der Waals surface area contributed by atoms with Gasteiger partial charge in [-0.1, -0.05) is 0 Å². The van der Waals surface area contributed by atoms with Crippen LogP contribution in [0.5, 0.6) is 5.75 Å². The molecule has 25 heavy (non-hydrogen) atoms. The number of H-pyrrole nitrogens is 1. The first-order chi connectivity index (χ1) is 11.8. The van der Waals surface area contributed by atoms with E-state index in [1.165, 1.54) is 7.11 Å². The SMILES string of the molecule is COCCOc1ccc(C(F)(F)F)cc1NC(=O)c1ccc(=O)[nH]n1. The minimum absolute atomic E-state index is 0.0443. The van der Waals surface area contributed by atoms with Crippen LogP contribution in [0.25, 0.3) is 0 Å². The van der Waals surface area contributed by atoms with Crippen LogP contribution in [0.2, 0.25) is 0 Å². The van der Waals surface area contributed by atoms with E-state index in [2.05, 4.69) is 15.5 Å². The molecule has 0 unspecified atom stereocenters. The van der Waals surface area contributed by atoms with Crippen LogP contribution in [0.15, 0.2) is 35.1 Å². The van der Waals surface area contributed by atoms with Crippen LogP contribution in [-0.4, -0.2) is 36.4 Å². The minimum atomic E-state index is -4.58. The highest BCUT2D eigenvalue weighted by atomic mass is 19.4. The highest BCUT2D eigenvalue weighted by Gasteiger charge is 2.31. The summed E-state index contributed by atoms with van der Waals surface area (Å²) in [5.41, 5.74) is -1.81. The lowest BCUT2D eigenvalue weighted by Crippen LogP contribution is -2.19. The lowest BCUT2D eigenvalue weighted by atomic mass is 10.1. The van der Waals surface area contributed by atoms with Crippen molar-refractivity contribution in [1.29, 1.82) is 0 Å². The Morgan fingerprint density at radius 3 is 2.60 bits per heavy atom. The number of carbonyl (C=O) groups is 1. The topological polar surface area (TPSA) is 93.3 Å². The summed E-state index contributed by atoms with van der Waals surface area (Å²) < 4.78 is 48.8. The van der Waals surface area contributed by atoms with Gasteiger partial charge in [-0.3, -0.25) is 9.59 Å². The molecule has 0 radical (unpaired) electrons. The van der Waals surface area contributed by atoms with Crippen molar-refractivity contribution in [2.24, 2.45) is 0 Å². The van der Waals surface area contributed by atoms with Crippen molar-refractivity contribution in [1.82, 2.24) is 10.2 Å². The van der Waals surface area contributed by atoms with Crippen molar-refractivity contribution >= 4 is 11.6 Å². The van der Waals surface area contributed by atoms with Gasteiger partial charge in [0.05, 0.1) is 17.9 Å². The van der Waals surface area contributed by atoms with Gasteiger partial charge in [0.25, 0.3) is 11.5 Å². The number of carbonyl (C=O) groups excluding carboxylic acids is 1. The number of methoxy groups -OCH3 is 1. The Morgan fingerprint density at radius 1 is 1.24 bits per heavy atom. The number of benzene rings is 1. The maximum atomic E-state index is 12.9. The van der Waals surface area contributed by atoms with Gasteiger partial charge in [0.1, 0.15) is 18.1 Å². The van der Waals surface area contributed by atoms with E-state index < -0.39 is 23.2 Å². The van der Waals surface area contributed by atoms with E-state index in [0.717, 1.165) is 30.3 Å². The molecule has 2 aromatic rings. The van der Waals surface area contributed by atoms with Gasteiger partial charge in [0, 0.05) is 13.2 Å². The molecule has 134 valence electrons. The summed E-state index contributed by atoms with van der Waals surface area (Å²) in [6.45, 7) is 0.303. The number of amides is 1. The monoisotopic (exact) mass is 357 g/mol. The number of rotatable bonds is 6. The Hall–Kier alpha value is -2.88. The van der Waals surface area contributed by atoms with Gasteiger partial charge < -0.3 is 14.8 Å². The summed E-state index contributed by atoms with van der Waals surface area (Å²) in [5.74, 6) is -0.755. The fraction of sp³-hybridized carbons (Fsp3) is 0.267. The first kappa shape index (κ1) is 18.5. The zero-order valence-corrected chi connectivity index (χ0v) is 13.0. The average molecular weight is 357 g/mol. The number of nitrogens with zero attached hydrogens (tertiary/aromatic N) is 1. The second-order valence-electron chi connectivity index (χ2n) is 4.81. The summed E-state index contributed by atoms with van der Waals surface area (Å²) in [4.78, 5) is 23.1. The lowest BCUT2D eigenvalue weighted by molar-refractivity contribution is -0.137. The molecule has 0 saturated carbocycles. The molecule has 1 amide bonds. The van der Waals surface area contributed by atoms with Gasteiger partial charge in [0.15, 0.2) is 0 Å². The van der Waals surface area contributed by atoms with Crippen molar-refractivity contribution in [3.63, 3.8) is 0 Å². The number of hydrogen-bond donors (Lipinski definition) is 2. The summed E-state index contributed by atoms with van der Waals surface area (Å²) >= 11 is 0. The third kappa shape index (κ3) is 5.05. The van der Waals surface area contributed by atoms with Gasteiger partial charge in [-0.2, -0.15) is 18.3 Å². The third-order valence-corrected chi connectivity index (χ3v) is 3.01. The molecule has 0 aliphatic rings. The van der Waals surface area contributed by atoms with E-state index in [9.17, 15) is 22.8 Å². The molecule has 10 heteroatoms. The van der Waals surface area contributed by atoms with Gasteiger partial charge in [0.2, 0.25) is 0 Å². The quantitative estimate of drug-likeness (QED) is 0.772. The number of anilines is 1. The second kappa shape index (κ2) is 7.79. The highest BCUT2D eigenvalue weighted by Crippen LogP contribution is 2.35. The molecule has 1 heterocycles. The van der Waals surface area contributed by atoms with Crippen LogP contribution >= 0.6 is 0 Å². The molecule has 0 aliphatic heterocycles. The Kier molecular flexibility index (Phi) is 5.75. The lowest BCUT2D eigenvalue weighted by Gasteiger charge is -2.15. The minimum Gasteiger partial charge on any atom is -0.489 e. The Bertz CT molecular complexity index is 785. The van der Waals surface area contributed by atoms with Crippen molar-refractivity contribution < 1.29 is 27.4 Å². The molecule has 1 aromatic carbocycles. The summed E-state index contributed by atoms with van der Waals surface area (Å²) in [6.07, 6.45) is -4.58. The van der Waals surface area contributed by atoms with Crippen molar-refractivity contribution in [3.05, 3.63) is 51.9 Å². The first-order valence-electron chi connectivity index (χ1n) is 7.01. The normalized spacial score (nSPS) is 11.2. The van der Waals surface area contributed by atoms with Crippen LogP contribution in [0.1, 0.15) is 16.1 Å². The number of aromatic nitrogens is 2. The highest BCUT2D eigenvalue weighted by molar-refractivity contribution is 6.03. The molecule has 0 spiro atoms. The van der Waals surface area contributed by atoms with Crippen molar-refractivity contribution in [3.8, 4) is 5.75 Å².